The molecular formula is C19H12F3N3O5S2. The van der Waals surface area contributed by atoms with Gasteiger partial charge >= 0.3 is 12.3 Å². The number of aromatic nitrogens is 2. The van der Waals surface area contributed by atoms with Gasteiger partial charge in [-0.3, -0.25) is 4.72 Å². The fourth-order valence-corrected chi connectivity index (χ4v) is 4.82. The maximum Gasteiger partial charge on any atom is 0.573 e. The number of halogens is 3. The number of anilines is 1. The van der Waals surface area contributed by atoms with Crippen LogP contribution in [0.15, 0.2) is 58.9 Å². The molecule has 0 aliphatic carbocycles. The minimum atomic E-state index is -4.90. The maximum atomic E-state index is 12.7. The third kappa shape index (κ3) is 4.38. The standard InChI is InChI=1S/C19H12F3N3O5S2/c20-19(21,22)30-11-3-5-12(6-4-11)32(28,29)25-10-8-13-15(14-2-1-7-31-14)16(18(26)27)24-17(13)23-9-10/h1-9,25H,(H,23,24)(H,26,27). The predicted molar refractivity (Wildman–Crippen MR) is 110 cm³/mol. The molecule has 0 spiro atoms. The lowest BCUT2D eigenvalue weighted by Gasteiger charge is -2.11. The number of aromatic amines is 1. The van der Waals surface area contributed by atoms with Crippen LogP contribution in [0.25, 0.3) is 21.5 Å². The lowest BCUT2D eigenvalue weighted by Crippen LogP contribution is -2.17. The van der Waals surface area contributed by atoms with Gasteiger partial charge in [0.05, 0.1) is 16.8 Å². The van der Waals surface area contributed by atoms with Gasteiger partial charge in [0.2, 0.25) is 0 Å². The summed E-state index contributed by atoms with van der Waals surface area (Å²) in [5, 5.41) is 11.7. The van der Waals surface area contributed by atoms with E-state index in [1.54, 1.807) is 17.5 Å². The van der Waals surface area contributed by atoms with Crippen LogP contribution >= 0.6 is 11.3 Å². The highest BCUT2D eigenvalue weighted by atomic mass is 32.2. The van der Waals surface area contributed by atoms with Crippen molar-refractivity contribution in [1.29, 1.82) is 0 Å². The van der Waals surface area contributed by atoms with Crippen molar-refractivity contribution in [1.82, 2.24) is 9.97 Å². The van der Waals surface area contributed by atoms with Crippen LogP contribution in [0.2, 0.25) is 0 Å². The molecule has 0 radical (unpaired) electrons. The monoisotopic (exact) mass is 483 g/mol. The molecule has 0 unspecified atom stereocenters. The number of carboxylic acid groups (broad SMARTS) is 1. The Morgan fingerprint density at radius 3 is 2.50 bits per heavy atom. The first-order valence-corrected chi connectivity index (χ1v) is 11.1. The molecule has 0 aliphatic heterocycles. The van der Waals surface area contributed by atoms with Gasteiger partial charge < -0.3 is 14.8 Å². The number of ether oxygens (including phenoxy) is 1. The van der Waals surface area contributed by atoms with Crippen molar-refractivity contribution in [3.05, 3.63) is 59.7 Å². The SMILES string of the molecule is O=C(O)c1[nH]c2ncc(NS(=O)(=O)c3ccc(OC(F)(F)F)cc3)cc2c1-c1cccs1. The van der Waals surface area contributed by atoms with E-state index in [0.29, 0.717) is 15.8 Å². The number of H-pyrrole nitrogens is 1. The Balaban J connectivity index is 1.68. The number of sulfonamides is 1. The van der Waals surface area contributed by atoms with Crippen LogP contribution in [-0.4, -0.2) is 35.8 Å². The van der Waals surface area contributed by atoms with Gasteiger partial charge in [0.15, 0.2) is 0 Å². The normalized spacial score (nSPS) is 12.1. The average Bonchev–Trinajstić information content (AvgIpc) is 3.34. The van der Waals surface area contributed by atoms with Crippen LogP contribution in [-0.2, 0) is 10.0 Å². The molecule has 13 heteroatoms. The fourth-order valence-electron chi connectivity index (χ4n) is 3.00. The van der Waals surface area contributed by atoms with Crippen LogP contribution in [0.5, 0.6) is 5.75 Å². The lowest BCUT2D eigenvalue weighted by molar-refractivity contribution is -0.274. The van der Waals surface area contributed by atoms with E-state index in [2.05, 4.69) is 19.4 Å². The van der Waals surface area contributed by atoms with Crippen molar-refractivity contribution >= 4 is 44.1 Å². The second-order valence-corrected chi connectivity index (χ2v) is 9.03. The Labute approximate surface area is 182 Å². The van der Waals surface area contributed by atoms with Gasteiger partial charge in [-0.05, 0) is 41.8 Å². The smallest absolute Gasteiger partial charge is 0.477 e. The van der Waals surface area contributed by atoms with E-state index >= 15 is 0 Å². The second kappa shape index (κ2) is 7.84. The second-order valence-electron chi connectivity index (χ2n) is 6.40. The van der Waals surface area contributed by atoms with Gasteiger partial charge in [0.1, 0.15) is 17.1 Å². The minimum absolute atomic E-state index is 0.0434. The van der Waals surface area contributed by atoms with E-state index in [9.17, 15) is 31.5 Å². The van der Waals surface area contributed by atoms with Crippen molar-refractivity contribution in [3.63, 3.8) is 0 Å². The number of benzene rings is 1. The number of carboxylic acids is 1. The quantitative estimate of drug-likeness (QED) is 0.366. The highest BCUT2D eigenvalue weighted by Gasteiger charge is 2.31. The first kappa shape index (κ1) is 21.6. The predicted octanol–water partition coefficient (Wildman–Crippen LogP) is 4.69. The van der Waals surface area contributed by atoms with Crippen molar-refractivity contribution < 1.29 is 36.2 Å². The first-order valence-electron chi connectivity index (χ1n) is 8.71. The number of fused-ring (bicyclic) bond motifs is 1. The molecule has 0 atom stereocenters. The minimum Gasteiger partial charge on any atom is -0.477 e. The van der Waals surface area contributed by atoms with Crippen LogP contribution in [0, 0.1) is 0 Å². The van der Waals surface area contributed by atoms with E-state index < -0.39 is 28.1 Å². The molecule has 0 saturated carbocycles. The van der Waals surface area contributed by atoms with E-state index in [0.717, 1.165) is 24.3 Å². The molecule has 3 N–H and O–H groups in total. The van der Waals surface area contributed by atoms with Crippen LogP contribution in [0.3, 0.4) is 0 Å². The highest BCUT2D eigenvalue weighted by Crippen LogP contribution is 2.36. The Morgan fingerprint density at radius 2 is 1.91 bits per heavy atom. The Hall–Kier alpha value is -3.58. The van der Waals surface area contributed by atoms with Crippen molar-refractivity contribution in [2.24, 2.45) is 0 Å². The van der Waals surface area contributed by atoms with Gasteiger partial charge in [-0.25, -0.2) is 18.2 Å². The average molecular weight is 483 g/mol. The number of alkyl halides is 3. The number of carbonyl (C=O) groups is 1. The topological polar surface area (TPSA) is 121 Å². The number of hydrogen-bond donors (Lipinski definition) is 3. The fraction of sp³-hybridized carbons (Fsp3) is 0.0526. The summed E-state index contributed by atoms with van der Waals surface area (Å²) in [5.74, 6) is -1.76. The molecule has 4 rings (SSSR count). The molecule has 0 fully saturated rings. The zero-order chi connectivity index (χ0) is 23.1. The van der Waals surface area contributed by atoms with Gasteiger partial charge in [0.25, 0.3) is 10.0 Å². The number of pyridine rings is 1. The van der Waals surface area contributed by atoms with Gasteiger partial charge in [-0.15, -0.1) is 24.5 Å². The van der Waals surface area contributed by atoms with Crippen LogP contribution in [0.1, 0.15) is 10.5 Å². The number of nitrogens with zero attached hydrogens (tertiary/aromatic N) is 1. The molecule has 4 aromatic rings. The number of nitrogens with one attached hydrogen (secondary N) is 2. The summed E-state index contributed by atoms with van der Waals surface area (Å²) in [4.78, 5) is 18.8. The molecule has 0 bridgehead atoms. The molecule has 3 heterocycles. The lowest BCUT2D eigenvalue weighted by atomic mass is 10.1. The first-order chi connectivity index (χ1) is 15.0. The third-order valence-electron chi connectivity index (χ3n) is 4.25. The molecule has 1 aromatic carbocycles. The van der Waals surface area contributed by atoms with Crippen molar-refractivity contribution in [2.45, 2.75) is 11.3 Å². The third-order valence-corrected chi connectivity index (χ3v) is 6.54. The van der Waals surface area contributed by atoms with Gasteiger partial charge in [-0.1, -0.05) is 6.07 Å². The van der Waals surface area contributed by atoms with Crippen LogP contribution < -0.4 is 9.46 Å². The van der Waals surface area contributed by atoms with Crippen molar-refractivity contribution in [3.8, 4) is 16.2 Å². The molecular weight excluding hydrogens is 471 g/mol. The summed E-state index contributed by atoms with van der Waals surface area (Å²) in [6.07, 6.45) is -3.70. The summed E-state index contributed by atoms with van der Waals surface area (Å²) in [5.41, 5.74) is 0.573. The Bertz CT molecular complexity index is 1400. The molecule has 166 valence electrons. The Morgan fingerprint density at radius 1 is 1.19 bits per heavy atom. The number of rotatable bonds is 6. The van der Waals surface area contributed by atoms with E-state index in [-0.39, 0.29) is 21.9 Å². The zero-order valence-electron chi connectivity index (χ0n) is 15.7. The molecule has 0 amide bonds. The number of thiophene rings is 1. The largest absolute Gasteiger partial charge is 0.573 e. The summed E-state index contributed by atoms with van der Waals surface area (Å²) < 4.78 is 68.2. The van der Waals surface area contributed by atoms with Crippen LogP contribution in [0.4, 0.5) is 18.9 Å². The van der Waals surface area contributed by atoms with E-state index in [1.165, 1.54) is 23.6 Å². The molecule has 0 aliphatic rings. The molecule has 3 aromatic heterocycles. The number of aromatic carboxylic acids is 1. The molecule has 0 saturated heterocycles. The summed E-state index contributed by atoms with van der Waals surface area (Å²) in [7, 11) is -4.17. The van der Waals surface area contributed by atoms with E-state index in [4.69, 9.17) is 0 Å². The maximum absolute atomic E-state index is 12.7. The summed E-state index contributed by atoms with van der Waals surface area (Å²) in [6.45, 7) is 0. The van der Waals surface area contributed by atoms with Gasteiger partial charge in [0, 0.05) is 15.8 Å². The van der Waals surface area contributed by atoms with Crippen molar-refractivity contribution in [2.75, 3.05) is 4.72 Å². The Kier molecular flexibility index (Phi) is 5.30. The molecule has 8 nitrogen and oxygen atoms in total. The molecule has 32 heavy (non-hydrogen) atoms. The zero-order valence-corrected chi connectivity index (χ0v) is 17.3. The number of hydrogen-bond acceptors (Lipinski definition) is 6. The van der Waals surface area contributed by atoms with E-state index in [1.807, 2.05) is 0 Å². The summed E-state index contributed by atoms with van der Waals surface area (Å²) >= 11 is 1.31. The van der Waals surface area contributed by atoms with Gasteiger partial charge in [-0.2, -0.15) is 0 Å². The highest BCUT2D eigenvalue weighted by molar-refractivity contribution is 7.92. The summed E-state index contributed by atoms with van der Waals surface area (Å²) in [6, 6.07) is 8.58.